The van der Waals surface area contributed by atoms with E-state index in [9.17, 15) is 9.18 Å². The molecule has 3 heteroatoms. The summed E-state index contributed by atoms with van der Waals surface area (Å²) in [7, 11) is 0. The lowest BCUT2D eigenvalue weighted by atomic mass is 9.92. The lowest BCUT2D eigenvalue weighted by molar-refractivity contribution is -0.119. The van der Waals surface area contributed by atoms with Gasteiger partial charge in [0.15, 0.2) is 0 Å². The second-order valence-corrected chi connectivity index (χ2v) is 4.17. The molecule has 1 aromatic rings. The van der Waals surface area contributed by atoms with E-state index in [0.717, 1.165) is 18.4 Å². The fourth-order valence-corrected chi connectivity index (χ4v) is 2.16. The standard InChI is InChI=1S/C11H10ClFO/c1-7(14)11(4-5-11)9-3-2-8(13)6-10(9)12/h2-3,6H,4-5H2,1H3. The number of ketones is 1. The van der Waals surface area contributed by atoms with E-state index >= 15 is 0 Å². The first-order valence-electron chi connectivity index (χ1n) is 4.53. The summed E-state index contributed by atoms with van der Waals surface area (Å²) in [5.74, 6) is -0.246. The molecule has 0 bridgehead atoms. The van der Waals surface area contributed by atoms with Crippen LogP contribution in [0.15, 0.2) is 18.2 Å². The number of benzene rings is 1. The van der Waals surface area contributed by atoms with E-state index in [1.165, 1.54) is 12.1 Å². The first-order chi connectivity index (χ1) is 6.56. The van der Waals surface area contributed by atoms with Crippen LogP contribution in [0.4, 0.5) is 4.39 Å². The van der Waals surface area contributed by atoms with Crippen molar-refractivity contribution in [1.82, 2.24) is 0 Å². The average molecular weight is 213 g/mol. The lowest BCUT2D eigenvalue weighted by Gasteiger charge is -2.13. The summed E-state index contributed by atoms with van der Waals surface area (Å²) in [5.41, 5.74) is 0.359. The van der Waals surface area contributed by atoms with Crippen LogP contribution in [0.2, 0.25) is 5.02 Å². The predicted octanol–water partition coefficient (Wildman–Crippen LogP) is 3.10. The maximum absolute atomic E-state index is 12.8. The molecule has 0 unspecified atom stereocenters. The van der Waals surface area contributed by atoms with E-state index in [1.54, 1.807) is 13.0 Å². The SMILES string of the molecule is CC(=O)C1(c2ccc(F)cc2Cl)CC1. The Labute approximate surface area is 86.9 Å². The summed E-state index contributed by atoms with van der Waals surface area (Å²) in [6.45, 7) is 1.56. The minimum absolute atomic E-state index is 0.117. The quantitative estimate of drug-likeness (QED) is 0.736. The van der Waals surface area contributed by atoms with Crippen molar-refractivity contribution in [2.24, 2.45) is 0 Å². The molecule has 1 aliphatic carbocycles. The highest BCUT2D eigenvalue weighted by atomic mass is 35.5. The van der Waals surface area contributed by atoms with Crippen molar-refractivity contribution in [1.29, 1.82) is 0 Å². The van der Waals surface area contributed by atoms with Crippen LogP contribution in [0.3, 0.4) is 0 Å². The highest BCUT2D eigenvalue weighted by molar-refractivity contribution is 6.31. The molecule has 1 nitrogen and oxygen atoms in total. The third-order valence-corrected chi connectivity index (χ3v) is 3.18. The number of halogens is 2. The maximum atomic E-state index is 12.8. The van der Waals surface area contributed by atoms with Crippen LogP contribution in [0.1, 0.15) is 25.3 Å². The Hall–Kier alpha value is -0.890. The predicted molar refractivity (Wildman–Crippen MR) is 53.0 cm³/mol. The number of hydrogen-bond donors (Lipinski definition) is 0. The summed E-state index contributed by atoms with van der Waals surface area (Å²) in [4.78, 5) is 11.4. The number of carbonyl (C=O) groups excluding carboxylic acids is 1. The molecule has 1 fully saturated rings. The van der Waals surface area contributed by atoms with Crippen LogP contribution in [0.5, 0.6) is 0 Å². The van der Waals surface area contributed by atoms with E-state index < -0.39 is 5.41 Å². The molecule has 0 radical (unpaired) electrons. The minimum atomic E-state index is -0.412. The fraction of sp³-hybridized carbons (Fsp3) is 0.364. The van der Waals surface area contributed by atoms with Gasteiger partial charge in [-0.1, -0.05) is 17.7 Å². The molecule has 1 aliphatic rings. The molecule has 0 aliphatic heterocycles. The largest absolute Gasteiger partial charge is 0.299 e. The van der Waals surface area contributed by atoms with Gasteiger partial charge in [0.1, 0.15) is 11.6 Å². The molecule has 74 valence electrons. The smallest absolute Gasteiger partial charge is 0.140 e. The van der Waals surface area contributed by atoms with E-state index in [2.05, 4.69) is 0 Å². The molecule has 0 atom stereocenters. The van der Waals surface area contributed by atoms with Crippen LogP contribution >= 0.6 is 11.6 Å². The molecule has 0 spiro atoms. The topological polar surface area (TPSA) is 17.1 Å². The van der Waals surface area contributed by atoms with Gasteiger partial charge < -0.3 is 0 Å². The molecule has 2 rings (SSSR count). The van der Waals surface area contributed by atoms with E-state index in [4.69, 9.17) is 11.6 Å². The van der Waals surface area contributed by atoms with E-state index in [1.807, 2.05) is 0 Å². The normalized spacial score (nSPS) is 17.9. The second kappa shape index (κ2) is 3.06. The van der Waals surface area contributed by atoms with Crippen LogP contribution < -0.4 is 0 Å². The second-order valence-electron chi connectivity index (χ2n) is 3.76. The first kappa shape index (κ1) is 9.66. The van der Waals surface area contributed by atoms with Gasteiger partial charge in [0, 0.05) is 5.02 Å². The molecule has 1 aromatic carbocycles. The molecular formula is C11H10ClFO. The van der Waals surface area contributed by atoms with Crippen LogP contribution in [-0.2, 0) is 10.2 Å². The zero-order chi connectivity index (χ0) is 10.3. The Kier molecular flexibility index (Phi) is 2.11. The molecule has 0 N–H and O–H groups in total. The molecule has 14 heavy (non-hydrogen) atoms. The zero-order valence-corrected chi connectivity index (χ0v) is 8.57. The van der Waals surface area contributed by atoms with Crippen molar-refractivity contribution in [3.05, 3.63) is 34.6 Å². The van der Waals surface area contributed by atoms with Gasteiger partial charge in [0.25, 0.3) is 0 Å². The first-order valence-corrected chi connectivity index (χ1v) is 4.91. The van der Waals surface area contributed by atoms with Crippen molar-refractivity contribution < 1.29 is 9.18 Å². The molecule has 0 amide bonds. The molecule has 1 saturated carbocycles. The van der Waals surface area contributed by atoms with Gasteiger partial charge >= 0.3 is 0 Å². The van der Waals surface area contributed by atoms with E-state index in [-0.39, 0.29) is 11.6 Å². The Morgan fingerprint density at radius 1 is 1.50 bits per heavy atom. The number of Topliss-reactive ketones (excluding diaryl/α,β-unsaturated/α-hetero) is 1. The Bertz CT molecular complexity index is 396. The van der Waals surface area contributed by atoms with Crippen LogP contribution in [0, 0.1) is 5.82 Å². The van der Waals surface area contributed by atoms with Gasteiger partial charge in [-0.2, -0.15) is 0 Å². The number of carbonyl (C=O) groups is 1. The van der Waals surface area contributed by atoms with Gasteiger partial charge in [-0.15, -0.1) is 0 Å². The number of hydrogen-bond acceptors (Lipinski definition) is 1. The summed E-state index contributed by atoms with van der Waals surface area (Å²) in [5, 5.41) is 0.359. The van der Waals surface area contributed by atoms with E-state index in [0.29, 0.717) is 5.02 Å². The number of rotatable bonds is 2. The van der Waals surface area contributed by atoms with Crippen molar-refractivity contribution >= 4 is 17.4 Å². The summed E-state index contributed by atoms with van der Waals surface area (Å²) >= 11 is 5.91. The molecule has 0 saturated heterocycles. The van der Waals surface area contributed by atoms with Gasteiger partial charge in [-0.05, 0) is 37.5 Å². The summed E-state index contributed by atoms with van der Waals surface area (Å²) in [6, 6.07) is 4.23. The van der Waals surface area contributed by atoms with Gasteiger partial charge in [-0.3, -0.25) is 4.79 Å². The van der Waals surface area contributed by atoms with Crippen molar-refractivity contribution in [3.8, 4) is 0 Å². The zero-order valence-electron chi connectivity index (χ0n) is 7.81. The molecule has 0 heterocycles. The summed E-state index contributed by atoms with van der Waals surface area (Å²) < 4.78 is 12.8. The van der Waals surface area contributed by atoms with Crippen molar-refractivity contribution in [2.45, 2.75) is 25.2 Å². The fourth-order valence-electron chi connectivity index (χ4n) is 1.81. The Morgan fingerprint density at radius 2 is 2.14 bits per heavy atom. The third kappa shape index (κ3) is 1.34. The van der Waals surface area contributed by atoms with Crippen LogP contribution in [-0.4, -0.2) is 5.78 Å². The van der Waals surface area contributed by atoms with Crippen molar-refractivity contribution in [3.63, 3.8) is 0 Å². The summed E-state index contributed by atoms with van der Waals surface area (Å²) in [6.07, 6.45) is 1.65. The Balaban J connectivity index is 2.47. The highest BCUT2D eigenvalue weighted by Gasteiger charge is 2.49. The molecular weight excluding hydrogens is 203 g/mol. The van der Waals surface area contributed by atoms with Crippen LogP contribution in [0.25, 0.3) is 0 Å². The Morgan fingerprint density at radius 3 is 2.57 bits per heavy atom. The monoisotopic (exact) mass is 212 g/mol. The molecule has 0 aromatic heterocycles. The third-order valence-electron chi connectivity index (χ3n) is 2.87. The van der Waals surface area contributed by atoms with Gasteiger partial charge in [-0.25, -0.2) is 4.39 Å². The lowest BCUT2D eigenvalue weighted by Crippen LogP contribution is -2.17. The average Bonchev–Trinajstić information content (AvgIpc) is 2.84. The van der Waals surface area contributed by atoms with Gasteiger partial charge in [0.2, 0.25) is 0 Å². The van der Waals surface area contributed by atoms with Gasteiger partial charge in [0.05, 0.1) is 5.41 Å². The minimum Gasteiger partial charge on any atom is -0.299 e. The maximum Gasteiger partial charge on any atom is 0.140 e. The highest BCUT2D eigenvalue weighted by Crippen LogP contribution is 2.51. The van der Waals surface area contributed by atoms with Crippen molar-refractivity contribution in [2.75, 3.05) is 0 Å².